The van der Waals surface area contributed by atoms with E-state index < -0.39 is 11.3 Å². The van der Waals surface area contributed by atoms with Crippen LogP contribution in [0, 0.1) is 5.82 Å². The van der Waals surface area contributed by atoms with Gasteiger partial charge in [-0.3, -0.25) is 19.7 Å². The van der Waals surface area contributed by atoms with Crippen LogP contribution in [0.25, 0.3) is 0 Å². The van der Waals surface area contributed by atoms with E-state index in [1.54, 1.807) is 12.1 Å². The Hall–Kier alpha value is -2.39. The van der Waals surface area contributed by atoms with E-state index >= 15 is 0 Å². The molecule has 1 aromatic rings. The molecular formula is C17H21FN4O3S. The molecule has 2 unspecified atom stereocenters. The molecule has 1 aromatic carbocycles. The van der Waals surface area contributed by atoms with Crippen molar-refractivity contribution in [1.82, 2.24) is 16.0 Å². The van der Waals surface area contributed by atoms with Crippen molar-refractivity contribution in [2.45, 2.75) is 24.4 Å². The highest BCUT2D eigenvalue weighted by Gasteiger charge is 2.28. The first kappa shape index (κ1) is 19.9. The molecule has 2 rings (SSSR count). The Morgan fingerprint density at radius 1 is 1.35 bits per heavy atom. The summed E-state index contributed by atoms with van der Waals surface area (Å²) in [6, 6.07) is 5.56. The zero-order valence-corrected chi connectivity index (χ0v) is 14.9. The van der Waals surface area contributed by atoms with Crippen LogP contribution in [0.15, 0.2) is 36.9 Å². The molecule has 2 atom stereocenters. The number of halogens is 1. The zero-order valence-electron chi connectivity index (χ0n) is 14.1. The third-order valence-corrected chi connectivity index (χ3v) is 4.53. The first-order valence-electron chi connectivity index (χ1n) is 8.07. The smallest absolute Gasteiger partial charge is 0.234 e. The molecule has 0 radical (unpaired) electrons. The molecular weight excluding hydrogens is 359 g/mol. The number of hydrogen-bond acceptors (Lipinski definition) is 5. The minimum absolute atomic E-state index is 0.0155. The van der Waals surface area contributed by atoms with Crippen molar-refractivity contribution >= 4 is 35.2 Å². The van der Waals surface area contributed by atoms with Crippen LogP contribution in [0.1, 0.15) is 12.8 Å². The maximum absolute atomic E-state index is 13.5. The summed E-state index contributed by atoms with van der Waals surface area (Å²) in [5.74, 6) is -1.26. The van der Waals surface area contributed by atoms with Gasteiger partial charge in [-0.15, -0.1) is 18.3 Å². The molecule has 9 heteroatoms. The predicted octanol–water partition coefficient (Wildman–Crippen LogP) is 0.951. The van der Waals surface area contributed by atoms with Gasteiger partial charge in [-0.2, -0.15) is 0 Å². The lowest BCUT2D eigenvalue weighted by Gasteiger charge is -2.30. The predicted molar refractivity (Wildman–Crippen MR) is 98.8 cm³/mol. The van der Waals surface area contributed by atoms with Crippen LogP contribution >= 0.6 is 11.8 Å². The van der Waals surface area contributed by atoms with E-state index in [1.807, 2.05) is 0 Å². The lowest BCUT2D eigenvalue weighted by molar-refractivity contribution is -0.125. The molecule has 7 nitrogen and oxygen atoms in total. The molecule has 1 heterocycles. The topological polar surface area (TPSA) is 99.3 Å². The van der Waals surface area contributed by atoms with Gasteiger partial charge in [-0.25, -0.2) is 4.39 Å². The van der Waals surface area contributed by atoms with Gasteiger partial charge in [-0.1, -0.05) is 18.2 Å². The zero-order chi connectivity index (χ0) is 18.9. The Labute approximate surface area is 155 Å². The molecule has 1 fully saturated rings. The Morgan fingerprint density at radius 2 is 2.12 bits per heavy atom. The van der Waals surface area contributed by atoms with Gasteiger partial charge in [0.1, 0.15) is 11.3 Å². The molecule has 0 aromatic heterocycles. The second kappa shape index (κ2) is 9.93. The quantitative estimate of drug-likeness (QED) is 0.504. The molecule has 0 bridgehead atoms. The standard InChI is InChI=1S/C17H21FN4O3S/c1-2-7-19-14(23)8-11-9-15(24)22-17(20-11)26-10-16(25)21-13-6-4-3-5-12(13)18/h2-6,11,17,20H,1,7-10H2,(H,19,23)(H,21,25)(H,22,24). The van der Waals surface area contributed by atoms with Crippen LogP contribution in [0.5, 0.6) is 0 Å². The number of nitrogens with one attached hydrogen (secondary N) is 4. The number of anilines is 1. The average molecular weight is 380 g/mol. The lowest BCUT2D eigenvalue weighted by atomic mass is 10.1. The molecule has 1 aliphatic heterocycles. The van der Waals surface area contributed by atoms with Crippen molar-refractivity contribution in [3.8, 4) is 0 Å². The number of thioether (sulfide) groups is 1. The highest BCUT2D eigenvalue weighted by molar-refractivity contribution is 8.00. The minimum Gasteiger partial charge on any atom is -0.353 e. The summed E-state index contributed by atoms with van der Waals surface area (Å²) in [6.45, 7) is 3.89. The summed E-state index contributed by atoms with van der Waals surface area (Å²) in [7, 11) is 0. The van der Waals surface area contributed by atoms with Crippen molar-refractivity contribution < 1.29 is 18.8 Å². The van der Waals surface area contributed by atoms with Gasteiger partial charge in [-0.05, 0) is 12.1 Å². The average Bonchev–Trinajstić information content (AvgIpc) is 2.60. The number of carbonyl (C=O) groups excluding carboxylic acids is 3. The molecule has 1 aliphatic rings. The van der Waals surface area contributed by atoms with Crippen molar-refractivity contribution in [3.05, 3.63) is 42.7 Å². The van der Waals surface area contributed by atoms with Crippen LogP contribution in [0.2, 0.25) is 0 Å². The fourth-order valence-corrected chi connectivity index (χ4v) is 3.25. The van der Waals surface area contributed by atoms with Crippen LogP contribution in [0.3, 0.4) is 0 Å². The first-order valence-corrected chi connectivity index (χ1v) is 9.12. The van der Waals surface area contributed by atoms with E-state index in [1.165, 1.54) is 18.2 Å². The molecule has 0 aliphatic carbocycles. The summed E-state index contributed by atoms with van der Waals surface area (Å²) in [5.41, 5.74) is -0.393. The largest absolute Gasteiger partial charge is 0.353 e. The van der Waals surface area contributed by atoms with Crippen molar-refractivity contribution in [2.75, 3.05) is 17.6 Å². The maximum atomic E-state index is 13.5. The monoisotopic (exact) mass is 380 g/mol. The lowest BCUT2D eigenvalue weighted by Crippen LogP contribution is -2.56. The van der Waals surface area contributed by atoms with Crippen molar-refractivity contribution in [2.24, 2.45) is 0 Å². The highest BCUT2D eigenvalue weighted by atomic mass is 32.2. The van der Waals surface area contributed by atoms with Gasteiger partial charge in [0.25, 0.3) is 0 Å². The Bertz CT molecular complexity index is 686. The van der Waals surface area contributed by atoms with Gasteiger partial charge in [0.05, 0.1) is 11.4 Å². The second-order valence-corrected chi connectivity index (χ2v) is 6.74. The van der Waals surface area contributed by atoms with E-state index in [0.29, 0.717) is 6.54 Å². The van der Waals surface area contributed by atoms with Crippen molar-refractivity contribution in [3.63, 3.8) is 0 Å². The number of hydrogen-bond donors (Lipinski definition) is 4. The third kappa shape index (κ3) is 6.49. The maximum Gasteiger partial charge on any atom is 0.234 e. The number of rotatable bonds is 8. The Kier molecular flexibility index (Phi) is 7.61. The number of amides is 3. The molecule has 3 amide bonds. The molecule has 140 valence electrons. The molecule has 0 spiro atoms. The first-order chi connectivity index (χ1) is 12.5. The fraction of sp³-hybridized carbons (Fsp3) is 0.353. The summed E-state index contributed by atoms with van der Waals surface area (Å²) in [4.78, 5) is 35.5. The number of para-hydroxylation sites is 1. The molecule has 26 heavy (non-hydrogen) atoms. The Balaban J connectivity index is 1.80. The third-order valence-electron chi connectivity index (χ3n) is 3.52. The van der Waals surface area contributed by atoms with Gasteiger partial charge < -0.3 is 16.0 Å². The summed E-state index contributed by atoms with van der Waals surface area (Å²) in [5, 5.41) is 11.0. The van der Waals surface area contributed by atoms with Gasteiger partial charge in [0.2, 0.25) is 17.7 Å². The van der Waals surface area contributed by atoms with E-state index in [4.69, 9.17) is 0 Å². The summed E-state index contributed by atoms with van der Waals surface area (Å²) in [6.07, 6.45) is 1.91. The SMILES string of the molecule is C=CCNC(=O)CC1CC(=O)NC(SCC(=O)Nc2ccccc2F)N1. The molecule has 4 N–H and O–H groups in total. The van der Waals surface area contributed by atoms with Crippen LogP contribution < -0.4 is 21.3 Å². The number of benzene rings is 1. The molecule has 0 saturated carbocycles. The van der Waals surface area contributed by atoms with Gasteiger partial charge >= 0.3 is 0 Å². The minimum atomic E-state index is -0.513. The van der Waals surface area contributed by atoms with E-state index in [9.17, 15) is 18.8 Å². The normalized spacial score (nSPS) is 19.3. The summed E-state index contributed by atoms with van der Waals surface area (Å²) >= 11 is 1.16. The fourth-order valence-electron chi connectivity index (χ4n) is 2.35. The number of carbonyl (C=O) groups is 3. The van der Waals surface area contributed by atoms with E-state index in [-0.39, 0.29) is 48.0 Å². The van der Waals surface area contributed by atoms with Gasteiger partial charge in [0, 0.05) is 25.4 Å². The van der Waals surface area contributed by atoms with Crippen molar-refractivity contribution in [1.29, 1.82) is 0 Å². The molecule has 1 saturated heterocycles. The van der Waals surface area contributed by atoms with E-state index in [0.717, 1.165) is 11.8 Å². The van der Waals surface area contributed by atoms with Crippen LogP contribution in [-0.4, -0.2) is 41.6 Å². The van der Waals surface area contributed by atoms with Crippen LogP contribution in [-0.2, 0) is 14.4 Å². The van der Waals surface area contributed by atoms with Crippen LogP contribution in [0.4, 0.5) is 10.1 Å². The summed E-state index contributed by atoms with van der Waals surface area (Å²) < 4.78 is 13.5. The Morgan fingerprint density at radius 3 is 2.85 bits per heavy atom. The van der Waals surface area contributed by atoms with E-state index in [2.05, 4.69) is 27.8 Å². The van der Waals surface area contributed by atoms with Gasteiger partial charge in [0.15, 0.2) is 0 Å². The highest BCUT2D eigenvalue weighted by Crippen LogP contribution is 2.16. The second-order valence-electron chi connectivity index (χ2n) is 5.65.